The Hall–Kier alpha value is -1.69. The third kappa shape index (κ3) is 2.88. The molecule has 2 fully saturated rings. The lowest BCUT2D eigenvalue weighted by molar-refractivity contribution is 0.213. The summed E-state index contributed by atoms with van der Waals surface area (Å²) in [4.78, 5) is 5.42. The molecule has 3 aromatic rings. The second-order valence-electron chi connectivity index (χ2n) is 7.61. The predicted molar refractivity (Wildman–Crippen MR) is 107 cm³/mol. The van der Waals surface area contributed by atoms with Crippen LogP contribution in [0.15, 0.2) is 42.0 Å². The monoisotopic (exact) mass is 366 g/mol. The zero-order valence-electron chi connectivity index (χ0n) is 15.3. The van der Waals surface area contributed by atoms with E-state index >= 15 is 0 Å². The largest absolute Gasteiger partial charge is 0.294 e. The Kier molecular flexibility index (Phi) is 4.31. The molecule has 0 unspecified atom stereocenters. The van der Waals surface area contributed by atoms with Crippen molar-refractivity contribution in [1.29, 1.82) is 0 Å². The van der Waals surface area contributed by atoms with Gasteiger partial charge in [-0.15, -0.1) is 11.3 Å². The van der Waals surface area contributed by atoms with Gasteiger partial charge in [0.1, 0.15) is 0 Å². The Morgan fingerprint density at radius 3 is 2.62 bits per heavy atom. The smallest absolute Gasteiger partial charge is 0.0534 e. The number of likely N-dealkylation sites (tertiary alicyclic amines) is 2. The Balaban J connectivity index is 1.28. The molecule has 1 aromatic carbocycles. The molecule has 4 heterocycles. The third-order valence-corrected chi connectivity index (χ3v) is 7.15. The SMILES string of the molecule is CCn1cc(CN2CC[C@H]3[C@@H]2CCN3Cc2csc3ccccc23)cn1. The molecule has 26 heavy (non-hydrogen) atoms. The van der Waals surface area contributed by atoms with Gasteiger partial charge in [0.25, 0.3) is 0 Å². The van der Waals surface area contributed by atoms with Crippen molar-refractivity contribution in [2.75, 3.05) is 13.1 Å². The van der Waals surface area contributed by atoms with E-state index in [1.165, 1.54) is 47.1 Å². The number of aryl methyl sites for hydroxylation is 1. The highest BCUT2D eigenvalue weighted by molar-refractivity contribution is 7.17. The van der Waals surface area contributed by atoms with E-state index < -0.39 is 0 Å². The average molecular weight is 367 g/mol. The van der Waals surface area contributed by atoms with Gasteiger partial charge < -0.3 is 0 Å². The van der Waals surface area contributed by atoms with Crippen molar-refractivity contribution in [3.05, 3.63) is 53.2 Å². The van der Waals surface area contributed by atoms with Crippen molar-refractivity contribution in [2.45, 2.75) is 51.5 Å². The summed E-state index contributed by atoms with van der Waals surface area (Å²) in [7, 11) is 0. The number of thiophene rings is 1. The molecule has 2 atom stereocenters. The second kappa shape index (κ2) is 6.80. The molecule has 0 radical (unpaired) electrons. The first-order valence-electron chi connectivity index (χ1n) is 9.76. The molecular formula is C21H26N4S. The normalized spacial score (nSPS) is 23.9. The van der Waals surface area contributed by atoms with Crippen LogP contribution in [0.4, 0.5) is 0 Å². The van der Waals surface area contributed by atoms with E-state index in [9.17, 15) is 0 Å². The second-order valence-corrected chi connectivity index (χ2v) is 8.53. The molecule has 5 heteroatoms. The van der Waals surface area contributed by atoms with Crippen molar-refractivity contribution in [2.24, 2.45) is 0 Å². The highest BCUT2D eigenvalue weighted by Gasteiger charge is 2.42. The van der Waals surface area contributed by atoms with Crippen molar-refractivity contribution in [3.8, 4) is 0 Å². The van der Waals surface area contributed by atoms with Crippen LogP contribution in [-0.4, -0.2) is 44.8 Å². The van der Waals surface area contributed by atoms with Crippen LogP contribution < -0.4 is 0 Å². The summed E-state index contributed by atoms with van der Waals surface area (Å²) in [6.45, 7) is 7.70. The Labute approximate surface area is 159 Å². The molecule has 136 valence electrons. The fourth-order valence-corrected chi connectivity index (χ4v) is 5.78. The molecule has 0 spiro atoms. The van der Waals surface area contributed by atoms with Crippen LogP contribution in [0.2, 0.25) is 0 Å². The molecule has 2 aliphatic heterocycles. The lowest BCUT2D eigenvalue weighted by Gasteiger charge is -2.25. The lowest BCUT2D eigenvalue weighted by Crippen LogP contribution is -2.35. The number of rotatable bonds is 5. The van der Waals surface area contributed by atoms with Gasteiger partial charge in [0.15, 0.2) is 0 Å². The van der Waals surface area contributed by atoms with Crippen LogP contribution in [0.3, 0.4) is 0 Å². The van der Waals surface area contributed by atoms with E-state index in [2.05, 4.69) is 57.7 Å². The van der Waals surface area contributed by atoms with Gasteiger partial charge in [-0.2, -0.15) is 5.10 Å². The van der Waals surface area contributed by atoms with Crippen molar-refractivity contribution in [3.63, 3.8) is 0 Å². The average Bonchev–Trinajstić information content (AvgIpc) is 3.43. The zero-order chi connectivity index (χ0) is 17.5. The summed E-state index contributed by atoms with van der Waals surface area (Å²) in [5.41, 5.74) is 2.86. The van der Waals surface area contributed by atoms with E-state index in [4.69, 9.17) is 0 Å². The predicted octanol–water partition coefficient (Wildman–Crippen LogP) is 3.97. The van der Waals surface area contributed by atoms with Gasteiger partial charge in [0.2, 0.25) is 0 Å². The summed E-state index contributed by atoms with van der Waals surface area (Å²) in [5.74, 6) is 0. The lowest BCUT2D eigenvalue weighted by atomic mass is 10.1. The first-order valence-corrected chi connectivity index (χ1v) is 10.6. The van der Waals surface area contributed by atoms with Crippen molar-refractivity contribution >= 4 is 21.4 Å². The molecule has 2 aromatic heterocycles. The number of benzene rings is 1. The van der Waals surface area contributed by atoms with Gasteiger partial charge in [0.05, 0.1) is 6.20 Å². The fraction of sp³-hybridized carbons (Fsp3) is 0.476. The highest BCUT2D eigenvalue weighted by atomic mass is 32.1. The van der Waals surface area contributed by atoms with Crippen LogP contribution in [0.25, 0.3) is 10.1 Å². The van der Waals surface area contributed by atoms with Crippen molar-refractivity contribution in [1.82, 2.24) is 19.6 Å². The standard InChI is InChI=1S/C21H26N4S/c1-2-25-13-16(11-22-25)12-23-9-7-20-19(23)8-10-24(20)14-17-15-26-21-6-4-3-5-18(17)21/h3-6,11,13,15,19-20H,2,7-10,12,14H2,1H3/t19-,20-/m0/s1. The van der Waals surface area contributed by atoms with Gasteiger partial charge in [-0.1, -0.05) is 18.2 Å². The maximum Gasteiger partial charge on any atom is 0.0534 e. The van der Waals surface area contributed by atoms with Crippen LogP contribution in [-0.2, 0) is 19.6 Å². The quantitative estimate of drug-likeness (QED) is 0.683. The number of nitrogens with zero attached hydrogens (tertiary/aromatic N) is 4. The van der Waals surface area contributed by atoms with Gasteiger partial charge in [-0.05, 0) is 42.2 Å². The molecule has 0 aliphatic carbocycles. The minimum Gasteiger partial charge on any atom is -0.294 e. The van der Waals surface area contributed by atoms with Gasteiger partial charge in [-0.25, -0.2) is 0 Å². The summed E-state index contributed by atoms with van der Waals surface area (Å²) < 4.78 is 3.45. The summed E-state index contributed by atoms with van der Waals surface area (Å²) >= 11 is 1.88. The molecule has 2 saturated heterocycles. The fourth-order valence-electron chi connectivity index (χ4n) is 4.83. The highest BCUT2D eigenvalue weighted by Crippen LogP contribution is 2.35. The van der Waals surface area contributed by atoms with Gasteiger partial charge in [-0.3, -0.25) is 14.5 Å². The number of fused-ring (bicyclic) bond motifs is 2. The Morgan fingerprint density at radius 2 is 1.85 bits per heavy atom. The van der Waals surface area contributed by atoms with Crippen molar-refractivity contribution < 1.29 is 0 Å². The number of aromatic nitrogens is 2. The minimum atomic E-state index is 0.713. The first-order chi connectivity index (χ1) is 12.8. The third-order valence-electron chi connectivity index (χ3n) is 6.14. The Morgan fingerprint density at radius 1 is 1.08 bits per heavy atom. The molecule has 0 saturated carbocycles. The summed E-state index contributed by atoms with van der Waals surface area (Å²) in [5, 5.41) is 8.25. The molecule has 0 amide bonds. The molecule has 5 rings (SSSR count). The van der Waals surface area contributed by atoms with E-state index in [1.807, 2.05) is 22.2 Å². The van der Waals surface area contributed by atoms with Crippen LogP contribution in [0, 0.1) is 0 Å². The summed E-state index contributed by atoms with van der Waals surface area (Å²) in [6, 6.07) is 10.3. The molecule has 4 nitrogen and oxygen atoms in total. The van der Waals surface area contributed by atoms with E-state index in [1.54, 1.807) is 0 Å². The number of hydrogen-bond acceptors (Lipinski definition) is 4. The maximum absolute atomic E-state index is 4.44. The first kappa shape index (κ1) is 16.5. The zero-order valence-corrected chi connectivity index (χ0v) is 16.2. The Bertz CT molecular complexity index is 898. The van der Waals surface area contributed by atoms with Gasteiger partial charge >= 0.3 is 0 Å². The van der Waals surface area contributed by atoms with E-state index in [0.717, 1.165) is 25.7 Å². The minimum absolute atomic E-state index is 0.713. The number of hydrogen-bond donors (Lipinski definition) is 0. The van der Waals surface area contributed by atoms with Crippen LogP contribution in [0.1, 0.15) is 30.9 Å². The van der Waals surface area contributed by atoms with Gasteiger partial charge in [0, 0.05) is 61.3 Å². The van der Waals surface area contributed by atoms with Crippen LogP contribution in [0.5, 0.6) is 0 Å². The summed E-state index contributed by atoms with van der Waals surface area (Å²) in [6.07, 6.45) is 6.85. The van der Waals surface area contributed by atoms with E-state index in [0.29, 0.717) is 6.04 Å². The molecule has 0 N–H and O–H groups in total. The van der Waals surface area contributed by atoms with Crippen LogP contribution >= 0.6 is 11.3 Å². The molecule has 0 bridgehead atoms. The maximum atomic E-state index is 4.44. The molecule has 2 aliphatic rings. The topological polar surface area (TPSA) is 24.3 Å². The molecular weight excluding hydrogens is 340 g/mol. The van der Waals surface area contributed by atoms with E-state index in [-0.39, 0.29) is 0 Å².